The molecule has 0 spiro atoms. The lowest BCUT2D eigenvalue weighted by Crippen LogP contribution is -2.10. The van der Waals surface area contributed by atoms with Crippen LogP contribution in [0.2, 0.25) is 0 Å². The fourth-order valence-corrected chi connectivity index (χ4v) is 2.77. The molecule has 0 radical (unpaired) electrons. The minimum absolute atomic E-state index is 0.508. The third-order valence-electron chi connectivity index (χ3n) is 3.49. The monoisotopic (exact) mass is 360 g/mol. The molecule has 0 saturated carbocycles. The topological polar surface area (TPSA) is 81.7 Å². The van der Waals surface area contributed by atoms with Crippen molar-refractivity contribution in [2.75, 3.05) is 17.6 Å². The Balaban J connectivity index is 1.80. The number of nitrogens with two attached hydrogens (primary N) is 1. The second-order valence-electron chi connectivity index (χ2n) is 4.97. The molecule has 2 aromatic heterocycles. The maximum absolute atomic E-state index is 5.89. The highest BCUT2D eigenvalue weighted by Crippen LogP contribution is 2.27. The third kappa shape index (κ3) is 3.04. The maximum atomic E-state index is 5.89. The number of aromatic nitrogens is 4. The number of hydrogen-bond acceptors (Lipinski definition) is 5. The van der Waals surface area contributed by atoms with Gasteiger partial charge >= 0.3 is 0 Å². The molecule has 0 aliphatic heterocycles. The molecule has 7 heteroatoms. The van der Waals surface area contributed by atoms with Gasteiger partial charge in [0.05, 0.1) is 5.52 Å². The summed E-state index contributed by atoms with van der Waals surface area (Å²) in [6.45, 7) is 3.71. The first-order valence-electron chi connectivity index (χ1n) is 7.13. The summed E-state index contributed by atoms with van der Waals surface area (Å²) in [7, 11) is 0. The van der Waals surface area contributed by atoms with E-state index in [2.05, 4.69) is 43.4 Å². The molecule has 1 aromatic carbocycles. The van der Waals surface area contributed by atoms with Crippen LogP contribution in [0.25, 0.3) is 10.9 Å². The zero-order chi connectivity index (χ0) is 15.5. The number of nitrogens with one attached hydrogen (secondary N) is 1. The van der Waals surface area contributed by atoms with Crippen molar-refractivity contribution in [3.05, 3.63) is 40.9 Å². The Morgan fingerprint density at radius 2 is 2.18 bits per heavy atom. The number of halogens is 1. The van der Waals surface area contributed by atoms with Gasteiger partial charge in [0, 0.05) is 41.1 Å². The van der Waals surface area contributed by atoms with Gasteiger partial charge in [-0.05, 0) is 25.1 Å². The second kappa shape index (κ2) is 6.31. The minimum Gasteiger partial charge on any atom is -0.384 e. The molecule has 0 aliphatic rings. The lowest BCUT2D eigenvalue weighted by Gasteiger charge is -2.11. The van der Waals surface area contributed by atoms with Crippen molar-refractivity contribution >= 4 is 38.3 Å². The molecule has 3 rings (SSSR count). The zero-order valence-corrected chi connectivity index (χ0v) is 13.8. The summed E-state index contributed by atoms with van der Waals surface area (Å²) in [5.74, 6) is 1.48. The van der Waals surface area contributed by atoms with Gasteiger partial charge < -0.3 is 15.6 Å². The van der Waals surface area contributed by atoms with E-state index in [1.165, 1.54) is 0 Å². The first-order chi connectivity index (χ1) is 10.7. The van der Waals surface area contributed by atoms with E-state index >= 15 is 0 Å². The molecule has 0 fully saturated rings. The van der Waals surface area contributed by atoms with E-state index in [9.17, 15) is 0 Å². The van der Waals surface area contributed by atoms with Crippen LogP contribution in [0.15, 0.2) is 35.1 Å². The molecule has 0 saturated heterocycles. The molecule has 3 aromatic rings. The first-order valence-corrected chi connectivity index (χ1v) is 7.93. The Kier molecular flexibility index (Phi) is 4.24. The highest BCUT2D eigenvalue weighted by atomic mass is 79.9. The smallest absolute Gasteiger partial charge is 0.134 e. The Morgan fingerprint density at radius 3 is 3.00 bits per heavy atom. The van der Waals surface area contributed by atoms with Crippen LogP contribution in [-0.2, 0) is 13.0 Å². The van der Waals surface area contributed by atoms with Gasteiger partial charge in [0.1, 0.15) is 18.0 Å². The third-order valence-corrected chi connectivity index (χ3v) is 3.98. The van der Waals surface area contributed by atoms with Crippen molar-refractivity contribution < 1.29 is 0 Å². The Morgan fingerprint density at radius 1 is 1.32 bits per heavy atom. The first kappa shape index (κ1) is 14.8. The van der Waals surface area contributed by atoms with E-state index < -0.39 is 0 Å². The van der Waals surface area contributed by atoms with Crippen molar-refractivity contribution in [3.63, 3.8) is 0 Å². The predicted octanol–water partition coefficient (Wildman–Crippen LogP) is 2.85. The number of anilines is 2. The number of hydrogen-bond donors (Lipinski definition) is 2. The van der Waals surface area contributed by atoms with Crippen LogP contribution >= 0.6 is 15.9 Å². The maximum Gasteiger partial charge on any atom is 0.134 e. The van der Waals surface area contributed by atoms with E-state index in [4.69, 9.17) is 5.73 Å². The molecule has 22 heavy (non-hydrogen) atoms. The molecule has 0 bridgehead atoms. The van der Waals surface area contributed by atoms with Gasteiger partial charge in [-0.2, -0.15) is 0 Å². The van der Waals surface area contributed by atoms with Gasteiger partial charge in [-0.15, -0.1) is 10.2 Å². The predicted molar refractivity (Wildman–Crippen MR) is 91.7 cm³/mol. The number of aryl methyl sites for hydroxylation is 1. The fraction of sp³-hybridized carbons (Fsp3) is 0.267. The Labute approximate surface area is 136 Å². The number of rotatable bonds is 5. The van der Waals surface area contributed by atoms with Crippen molar-refractivity contribution in [1.82, 2.24) is 19.7 Å². The van der Waals surface area contributed by atoms with E-state index in [-0.39, 0.29) is 0 Å². The zero-order valence-electron chi connectivity index (χ0n) is 12.3. The highest BCUT2D eigenvalue weighted by Gasteiger charge is 2.06. The SMILES string of the molecule is CCn1cnnc1CCNc1cc(N)nc2ccc(Br)cc12. The molecule has 0 atom stereocenters. The molecule has 114 valence electrons. The van der Waals surface area contributed by atoms with Crippen LogP contribution in [0, 0.1) is 0 Å². The van der Waals surface area contributed by atoms with Gasteiger partial charge in [0.2, 0.25) is 0 Å². The Bertz CT molecular complexity index is 798. The molecule has 0 unspecified atom stereocenters. The number of nitrogen functional groups attached to an aromatic ring is 1. The van der Waals surface area contributed by atoms with E-state index in [1.807, 2.05) is 28.8 Å². The summed E-state index contributed by atoms with van der Waals surface area (Å²) in [6.07, 6.45) is 2.55. The highest BCUT2D eigenvalue weighted by molar-refractivity contribution is 9.10. The number of fused-ring (bicyclic) bond motifs is 1. The lowest BCUT2D eigenvalue weighted by atomic mass is 10.2. The summed E-state index contributed by atoms with van der Waals surface area (Å²) in [4.78, 5) is 4.35. The summed E-state index contributed by atoms with van der Waals surface area (Å²) in [5.41, 5.74) is 7.74. The van der Waals surface area contributed by atoms with Crippen LogP contribution in [0.4, 0.5) is 11.5 Å². The van der Waals surface area contributed by atoms with E-state index in [0.717, 1.165) is 46.4 Å². The summed E-state index contributed by atoms with van der Waals surface area (Å²) in [5, 5.41) is 12.5. The number of pyridine rings is 1. The van der Waals surface area contributed by atoms with Crippen LogP contribution in [0.5, 0.6) is 0 Å². The fourth-order valence-electron chi connectivity index (χ4n) is 2.41. The number of benzene rings is 1. The Hall–Kier alpha value is -2.15. The molecular formula is C15H17BrN6. The normalized spacial score (nSPS) is 11.0. The van der Waals surface area contributed by atoms with E-state index in [0.29, 0.717) is 5.82 Å². The van der Waals surface area contributed by atoms with Crippen molar-refractivity contribution in [2.45, 2.75) is 19.9 Å². The van der Waals surface area contributed by atoms with Gasteiger partial charge in [-0.3, -0.25) is 0 Å². The molecule has 6 nitrogen and oxygen atoms in total. The van der Waals surface area contributed by atoms with Gasteiger partial charge in [-0.1, -0.05) is 15.9 Å². The summed E-state index contributed by atoms with van der Waals surface area (Å²) >= 11 is 3.50. The summed E-state index contributed by atoms with van der Waals surface area (Å²) < 4.78 is 3.05. The minimum atomic E-state index is 0.508. The quantitative estimate of drug-likeness (QED) is 0.730. The van der Waals surface area contributed by atoms with Crippen LogP contribution in [0.3, 0.4) is 0 Å². The van der Waals surface area contributed by atoms with Crippen LogP contribution in [-0.4, -0.2) is 26.3 Å². The van der Waals surface area contributed by atoms with Crippen LogP contribution in [0.1, 0.15) is 12.7 Å². The second-order valence-corrected chi connectivity index (χ2v) is 5.88. The van der Waals surface area contributed by atoms with Crippen molar-refractivity contribution in [1.29, 1.82) is 0 Å². The van der Waals surface area contributed by atoms with Crippen molar-refractivity contribution in [3.8, 4) is 0 Å². The standard InChI is InChI=1S/C15H17BrN6/c1-2-22-9-19-21-15(22)5-6-18-13-8-14(17)20-12-4-3-10(16)7-11(12)13/h3-4,7-9H,2,5-6H2,1H3,(H3,17,18,20). The van der Waals surface area contributed by atoms with Crippen LogP contribution < -0.4 is 11.1 Å². The molecule has 2 heterocycles. The average molecular weight is 361 g/mol. The lowest BCUT2D eigenvalue weighted by molar-refractivity contribution is 0.698. The molecular weight excluding hydrogens is 344 g/mol. The largest absolute Gasteiger partial charge is 0.384 e. The molecule has 0 amide bonds. The molecule has 3 N–H and O–H groups in total. The van der Waals surface area contributed by atoms with E-state index in [1.54, 1.807) is 6.33 Å². The van der Waals surface area contributed by atoms with Crippen molar-refractivity contribution in [2.24, 2.45) is 0 Å². The number of nitrogens with zero attached hydrogens (tertiary/aromatic N) is 4. The summed E-state index contributed by atoms with van der Waals surface area (Å²) in [6, 6.07) is 7.81. The van der Waals surface area contributed by atoms with Gasteiger partial charge in [0.15, 0.2) is 0 Å². The average Bonchev–Trinajstić information content (AvgIpc) is 2.95. The van der Waals surface area contributed by atoms with Gasteiger partial charge in [0.25, 0.3) is 0 Å². The molecule has 0 aliphatic carbocycles. The van der Waals surface area contributed by atoms with Gasteiger partial charge in [-0.25, -0.2) is 4.98 Å².